The fourth-order valence-electron chi connectivity index (χ4n) is 2.86. The molecule has 0 bridgehead atoms. The van der Waals surface area contributed by atoms with E-state index in [9.17, 15) is 19.5 Å². The summed E-state index contributed by atoms with van der Waals surface area (Å²) in [6.45, 7) is 3.46. The third-order valence-corrected chi connectivity index (χ3v) is 4.67. The van der Waals surface area contributed by atoms with Gasteiger partial charge in [0.15, 0.2) is 0 Å². The van der Waals surface area contributed by atoms with Crippen molar-refractivity contribution >= 4 is 17.7 Å². The second-order valence-corrected chi connectivity index (χ2v) is 6.90. The van der Waals surface area contributed by atoms with E-state index < -0.39 is 24.0 Å². The van der Waals surface area contributed by atoms with Gasteiger partial charge in [-0.3, -0.25) is 19.6 Å². The molecule has 0 unspecified atom stereocenters. The monoisotopic (exact) mass is 429 g/mol. The Morgan fingerprint density at radius 1 is 0.968 bits per heavy atom. The minimum Gasteiger partial charge on any atom is -0.391 e. The molecule has 0 aromatic heterocycles. The molecule has 2 atom stereocenters. The number of hydrogen-bond acceptors (Lipinski definition) is 5. The van der Waals surface area contributed by atoms with Crippen LogP contribution < -0.4 is 16.1 Å². The largest absolute Gasteiger partial charge is 0.391 e. The van der Waals surface area contributed by atoms with Crippen LogP contribution in [-0.2, 0) is 16.0 Å². The van der Waals surface area contributed by atoms with Gasteiger partial charge in [0.1, 0.15) is 6.04 Å². The van der Waals surface area contributed by atoms with E-state index in [4.69, 9.17) is 5.21 Å². The third kappa shape index (κ3) is 7.51. The summed E-state index contributed by atoms with van der Waals surface area (Å²) >= 11 is 0. The maximum atomic E-state index is 12.3. The molecule has 0 spiro atoms. The summed E-state index contributed by atoms with van der Waals surface area (Å²) in [5, 5.41) is 23.1. The Labute approximate surface area is 182 Å². The number of benzene rings is 2. The van der Waals surface area contributed by atoms with Crippen LogP contribution >= 0.6 is 0 Å². The van der Waals surface area contributed by atoms with E-state index in [1.807, 2.05) is 24.3 Å². The Morgan fingerprint density at radius 2 is 1.52 bits per heavy atom. The highest BCUT2D eigenvalue weighted by atomic mass is 16.5. The number of carbonyl (C=O) groups is 3. The molecule has 168 valence electrons. The van der Waals surface area contributed by atoms with Gasteiger partial charge in [-0.2, -0.15) is 0 Å². The second-order valence-electron chi connectivity index (χ2n) is 6.90. The number of aryl methyl sites for hydroxylation is 1. The molecule has 0 heterocycles. The van der Waals surface area contributed by atoms with Gasteiger partial charge in [0, 0.05) is 18.5 Å². The van der Waals surface area contributed by atoms with Gasteiger partial charge in [-0.1, -0.05) is 50.7 Å². The predicted octanol–water partition coefficient (Wildman–Crippen LogP) is 2.04. The zero-order valence-corrected chi connectivity index (χ0v) is 17.0. The standard InChI is InChI=1S/C22H27N3O5.CH4/c1-3-15-4-6-16(7-5-15)17-8-10-18(11-9-17)21(28)23-13-12-19(27)24-20(14(2)26)22(29)25-30;/h4-11,14,20,26,30H,3,12-13H2,1-2H3,(H,23,28)(H,24,27)(H,25,29);1H4/t14-,20+;/m1./s1. The van der Waals surface area contributed by atoms with Gasteiger partial charge in [0.25, 0.3) is 11.8 Å². The van der Waals surface area contributed by atoms with Crippen molar-refractivity contribution in [2.24, 2.45) is 0 Å². The number of aliphatic hydroxyl groups is 1. The van der Waals surface area contributed by atoms with Gasteiger partial charge < -0.3 is 15.7 Å². The van der Waals surface area contributed by atoms with Gasteiger partial charge in [0.05, 0.1) is 6.10 Å². The molecule has 5 N–H and O–H groups in total. The van der Waals surface area contributed by atoms with Crippen LogP contribution in [0.25, 0.3) is 11.1 Å². The first-order valence-electron chi connectivity index (χ1n) is 9.74. The van der Waals surface area contributed by atoms with Crippen LogP contribution in [0, 0.1) is 0 Å². The van der Waals surface area contributed by atoms with Gasteiger partial charge >= 0.3 is 0 Å². The van der Waals surface area contributed by atoms with Crippen molar-refractivity contribution in [3.63, 3.8) is 0 Å². The van der Waals surface area contributed by atoms with E-state index in [0.717, 1.165) is 17.5 Å². The lowest BCUT2D eigenvalue weighted by Gasteiger charge is -2.19. The molecule has 0 radical (unpaired) electrons. The molecule has 8 heteroatoms. The molecule has 3 amide bonds. The molecular weight excluding hydrogens is 398 g/mol. The smallest absolute Gasteiger partial charge is 0.268 e. The number of aliphatic hydroxyl groups excluding tert-OH is 1. The summed E-state index contributed by atoms with van der Waals surface area (Å²) in [5.74, 6) is -1.79. The van der Waals surface area contributed by atoms with Crippen LogP contribution in [0.5, 0.6) is 0 Å². The quantitative estimate of drug-likeness (QED) is 0.308. The third-order valence-electron chi connectivity index (χ3n) is 4.67. The average Bonchev–Trinajstić information content (AvgIpc) is 2.76. The highest BCUT2D eigenvalue weighted by Crippen LogP contribution is 2.20. The SMILES string of the molecule is C.CCc1ccc(-c2ccc(C(=O)NCCC(=O)N[C@H](C(=O)NO)[C@@H](C)O)cc2)cc1. The molecule has 0 aliphatic rings. The van der Waals surface area contributed by atoms with Crippen LogP contribution in [0.2, 0.25) is 0 Å². The summed E-state index contributed by atoms with van der Waals surface area (Å²) in [6.07, 6.45) is -0.297. The molecule has 2 rings (SSSR count). The van der Waals surface area contributed by atoms with Crippen LogP contribution in [0.1, 0.15) is 43.6 Å². The lowest BCUT2D eigenvalue weighted by Crippen LogP contribution is -2.52. The topological polar surface area (TPSA) is 128 Å². The lowest BCUT2D eigenvalue weighted by atomic mass is 10.0. The first-order chi connectivity index (χ1) is 14.3. The Morgan fingerprint density at radius 3 is 2.00 bits per heavy atom. The summed E-state index contributed by atoms with van der Waals surface area (Å²) in [5.41, 5.74) is 5.17. The van der Waals surface area contributed by atoms with Gasteiger partial charge in [-0.25, -0.2) is 5.48 Å². The fraction of sp³-hybridized carbons (Fsp3) is 0.348. The summed E-state index contributed by atoms with van der Waals surface area (Å²) in [7, 11) is 0. The molecule has 0 saturated heterocycles. The zero-order chi connectivity index (χ0) is 22.1. The Kier molecular flexibility index (Phi) is 10.4. The highest BCUT2D eigenvalue weighted by molar-refractivity contribution is 5.95. The Bertz CT molecular complexity index is 864. The van der Waals surface area contributed by atoms with Crippen LogP contribution in [0.3, 0.4) is 0 Å². The van der Waals surface area contributed by atoms with Crippen molar-refractivity contribution in [2.45, 2.75) is 46.3 Å². The van der Waals surface area contributed by atoms with Crippen molar-refractivity contribution in [1.82, 2.24) is 16.1 Å². The Hall–Kier alpha value is -3.23. The van der Waals surface area contributed by atoms with Gasteiger partial charge in [-0.15, -0.1) is 0 Å². The van der Waals surface area contributed by atoms with Crippen LogP contribution in [0.4, 0.5) is 0 Å². The molecule has 8 nitrogen and oxygen atoms in total. The molecule has 2 aromatic carbocycles. The highest BCUT2D eigenvalue weighted by Gasteiger charge is 2.25. The number of hydrogen-bond donors (Lipinski definition) is 5. The number of hydroxylamine groups is 1. The average molecular weight is 430 g/mol. The number of nitrogens with one attached hydrogen (secondary N) is 3. The van der Waals surface area contributed by atoms with E-state index in [1.165, 1.54) is 18.0 Å². The number of carbonyl (C=O) groups excluding carboxylic acids is 3. The minimum absolute atomic E-state index is 0. The molecule has 0 aliphatic heterocycles. The van der Waals surface area contributed by atoms with Crippen molar-refractivity contribution in [3.8, 4) is 11.1 Å². The first-order valence-corrected chi connectivity index (χ1v) is 9.74. The molecule has 0 saturated carbocycles. The summed E-state index contributed by atoms with van der Waals surface area (Å²) in [4.78, 5) is 35.6. The maximum Gasteiger partial charge on any atom is 0.268 e. The van der Waals surface area contributed by atoms with E-state index in [0.29, 0.717) is 5.56 Å². The zero-order valence-electron chi connectivity index (χ0n) is 17.0. The van der Waals surface area contributed by atoms with Gasteiger partial charge in [-0.05, 0) is 42.2 Å². The maximum absolute atomic E-state index is 12.3. The molecule has 2 aromatic rings. The fourth-order valence-corrected chi connectivity index (χ4v) is 2.86. The Balaban J connectivity index is 0.00000480. The minimum atomic E-state index is -1.28. The number of amides is 3. The normalized spacial score (nSPS) is 12.1. The first kappa shape index (κ1) is 25.8. The molecular formula is C23H31N3O5. The number of rotatable bonds is 9. The van der Waals surface area contributed by atoms with E-state index in [2.05, 4.69) is 29.7 Å². The van der Waals surface area contributed by atoms with Gasteiger partial charge in [0.2, 0.25) is 5.91 Å². The summed E-state index contributed by atoms with van der Waals surface area (Å²) in [6, 6.07) is 14.1. The van der Waals surface area contributed by atoms with E-state index in [-0.39, 0.29) is 26.3 Å². The van der Waals surface area contributed by atoms with Crippen LogP contribution in [0.15, 0.2) is 48.5 Å². The van der Waals surface area contributed by atoms with E-state index in [1.54, 1.807) is 12.1 Å². The van der Waals surface area contributed by atoms with Crippen molar-refractivity contribution in [1.29, 1.82) is 0 Å². The van der Waals surface area contributed by atoms with Crippen LogP contribution in [-0.4, -0.2) is 46.7 Å². The molecule has 0 aliphatic carbocycles. The van der Waals surface area contributed by atoms with E-state index >= 15 is 0 Å². The lowest BCUT2D eigenvalue weighted by molar-refractivity contribution is -0.137. The molecule has 0 fully saturated rings. The summed E-state index contributed by atoms with van der Waals surface area (Å²) < 4.78 is 0. The molecule has 31 heavy (non-hydrogen) atoms. The predicted molar refractivity (Wildman–Crippen MR) is 118 cm³/mol. The van der Waals surface area contributed by atoms with Crippen molar-refractivity contribution in [3.05, 3.63) is 59.7 Å². The second kappa shape index (κ2) is 12.5. The van der Waals surface area contributed by atoms with Crippen molar-refractivity contribution in [2.75, 3.05) is 6.54 Å². The van der Waals surface area contributed by atoms with Crippen molar-refractivity contribution < 1.29 is 24.7 Å².